The molecule has 0 saturated carbocycles. The molecular formula is C22H25N5O2. The topological polar surface area (TPSA) is 91.8 Å². The van der Waals surface area contributed by atoms with Crippen LogP contribution in [-0.4, -0.2) is 27.2 Å². The number of amides is 1. The molecule has 3 aromatic rings. The number of carbonyl (C=O) groups is 1. The van der Waals surface area contributed by atoms with E-state index < -0.39 is 0 Å². The number of hydrogen-bond donors (Lipinski definition) is 3. The quantitative estimate of drug-likeness (QED) is 0.582. The van der Waals surface area contributed by atoms with Gasteiger partial charge in [0.1, 0.15) is 5.65 Å². The van der Waals surface area contributed by atoms with Crippen molar-refractivity contribution in [1.29, 1.82) is 0 Å². The maximum atomic E-state index is 12.4. The Kier molecular flexibility index (Phi) is 5.31. The number of fused-ring (bicyclic) bond motifs is 2. The van der Waals surface area contributed by atoms with E-state index >= 15 is 0 Å². The minimum absolute atomic E-state index is 0.148. The molecule has 150 valence electrons. The SMILES string of the molecule is CC(C)n1ncc2cc(/C=C/C(=O)NCc3cccc4c3CCNC4)c(=O)[nH]c21. The number of benzene rings is 1. The van der Waals surface area contributed by atoms with Gasteiger partial charge >= 0.3 is 0 Å². The van der Waals surface area contributed by atoms with Gasteiger partial charge in [-0.25, -0.2) is 4.68 Å². The molecule has 0 aliphatic carbocycles. The lowest BCUT2D eigenvalue weighted by molar-refractivity contribution is -0.116. The van der Waals surface area contributed by atoms with Gasteiger partial charge in [0.25, 0.3) is 5.56 Å². The van der Waals surface area contributed by atoms with Crippen LogP contribution in [-0.2, 0) is 24.3 Å². The van der Waals surface area contributed by atoms with Crippen molar-refractivity contribution in [3.05, 3.63) is 69.1 Å². The molecule has 3 N–H and O–H groups in total. The molecule has 0 bridgehead atoms. The summed E-state index contributed by atoms with van der Waals surface area (Å²) in [7, 11) is 0. The summed E-state index contributed by atoms with van der Waals surface area (Å²) < 4.78 is 1.77. The number of nitrogens with zero attached hydrogens (tertiary/aromatic N) is 2. The van der Waals surface area contributed by atoms with Gasteiger partial charge in [0.2, 0.25) is 5.91 Å². The van der Waals surface area contributed by atoms with E-state index in [0.717, 1.165) is 30.5 Å². The Balaban J connectivity index is 1.46. The van der Waals surface area contributed by atoms with Crippen molar-refractivity contribution in [1.82, 2.24) is 25.4 Å². The summed E-state index contributed by atoms with van der Waals surface area (Å²) in [6.07, 6.45) is 5.64. The third-order valence-electron chi connectivity index (χ3n) is 5.22. The summed E-state index contributed by atoms with van der Waals surface area (Å²) in [5.41, 5.74) is 4.63. The van der Waals surface area contributed by atoms with Crippen LogP contribution in [0.5, 0.6) is 0 Å². The lowest BCUT2D eigenvalue weighted by Gasteiger charge is -2.20. The molecule has 1 amide bonds. The standard InChI is InChI=1S/C22H25N5O2/c1-14(2)27-21-18(13-25-27)10-15(22(29)26-21)6-7-20(28)24-12-17-5-3-4-16-11-23-9-8-19(16)17/h3-7,10,13-14,23H,8-9,11-12H2,1-2H3,(H,24,28)(H,26,29)/b7-6+. The number of aromatic nitrogens is 3. The second-order valence-electron chi connectivity index (χ2n) is 7.57. The molecule has 2 aromatic heterocycles. The third kappa shape index (κ3) is 4.00. The predicted octanol–water partition coefficient (Wildman–Crippen LogP) is 2.28. The second-order valence-corrected chi connectivity index (χ2v) is 7.57. The molecule has 1 aliphatic rings. The molecule has 29 heavy (non-hydrogen) atoms. The van der Waals surface area contributed by atoms with Crippen LogP contribution in [0.15, 0.2) is 41.3 Å². The monoisotopic (exact) mass is 391 g/mol. The van der Waals surface area contributed by atoms with Crippen LogP contribution in [0.3, 0.4) is 0 Å². The normalized spacial score (nSPS) is 13.9. The van der Waals surface area contributed by atoms with Crippen molar-refractivity contribution in [2.75, 3.05) is 6.54 Å². The molecule has 0 unspecified atom stereocenters. The fourth-order valence-electron chi connectivity index (χ4n) is 3.72. The van der Waals surface area contributed by atoms with Crippen molar-refractivity contribution < 1.29 is 4.79 Å². The van der Waals surface area contributed by atoms with Gasteiger partial charge in [-0.15, -0.1) is 0 Å². The Morgan fingerprint density at radius 1 is 1.38 bits per heavy atom. The zero-order valence-electron chi connectivity index (χ0n) is 16.7. The highest BCUT2D eigenvalue weighted by atomic mass is 16.1. The number of hydrogen-bond acceptors (Lipinski definition) is 4. The van der Waals surface area contributed by atoms with Crippen LogP contribution >= 0.6 is 0 Å². The van der Waals surface area contributed by atoms with Gasteiger partial charge in [0, 0.05) is 36.2 Å². The summed E-state index contributed by atoms with van der Waals surface area (Å²) in [4.78, 5) is 27.5. The van der Waals surface area contributed by atoms with E-state index in [1.165, 1.54) is 17.2 Å². The molecular weight excluding hydrogens is 366 g/mol. The first-order valence-corrected chi connectivity index (χ1v) is 9.89. The predicted molar refractivity (Wildman–Crippen MR) is 113 cm³/mol. The largest absolute Gasteiger partial charge is 0.348 e. The molecule has 0 atom stereocenters. The summed E-state index contributed by atoms with van der Waals surface area (Å²) in [6, 6.07) is 8.10. The van der Waals surface area contributed by atoms with E-state index in [4.69, 9.17) is 0 Å². The molecule has 3 heterocycles. The van der Waals surface area contributed by atoms with E-state index in [1.807, 2.05) is 19.9 Å². The average molecular weight is 391 g/mol. The Morgan fingerprint density at radius 2 is 2.24 bits per heavy atom. The minimum atomic E-state index is -0.242. The molecule has 1 aliphatic heterocycles. The van der Waals surface area contributed by atoms with Gasteiger partial charge in [-0.2, -0.15) is 5.10 Å². The number of aromatic amines is 1. The van der Waals surface area contributed by atoms with Gasteiger partial charge in [-0.3, -0.25) is 9.59 Å². The Morgan fingerprint density at radius 3 is 3.07 bits per heavy atom. The molecule has 0 radical (unpaired) electrons. The van der Waals surface area contributed by atoms with Crippen LogP contribution in [0.25, 0.3) is 17.1 Å². The molecule has 7 heteroatoms. The lowest BCUT2D eigenvalue weighted by Crippen LogP contribution is -2.27. The number of pyridine rings is 1. The zero-order chi connectivity index (χ0) is 20.4. The molecule has 0 fully saturated rings. The molecule has 7 nitrogen and oxygen atoms in total. The minimum Gasteiger partial charge on any atom is -0.348 e. The number of H-pyrrole nitrogens is 1. The average Bonchev–Trinajstić information content (AvgIpc) is 3.13. The van der Waals surface area contributed by atoms with E-state index in [0.29, 0.717) is 17.8 Å². The Bertz CT molecular complexity index is 1140. The summed E-state index contributed by atoms with van der Waals surface area (Å²) in [5.74, 6) is -0.228. The highest BCUT2D eigenvalue weighted by molar-refractivity contribution is 5.92. The molecule has 4 rings (SSSR count). The molecule has 0 saturated heterocycles. The van der Waals surface area contributed by atoms with Crippen LogP contribution in [0.4, 0.5) is 0 Å². The third-order valence-corrected chi connectivity index (χ3v) is 5.22. The van der Waals surface area contributed by atoms with E-state index in [-0.39, 0.29) is 17.5 Å². The first kappa shape index (κ1) is 19.1. The highest BCUT2D eigenvalue weighted by Gasteiger charge is 2.13. The van der Waals surface area contributed by atoms with Crippen LogP contribution in [0.2, 0.25) is 0 Å². The van der Waals surface area contributed by atoms with Gasteiger partial charge in [0.15, 0.2) is 0 Å². The van der Waals surface area contributed by atoms with Crippen molar-refractivity contribution in [3.8, 4) is 0 Å². The van der Waals surface area contributed by atoms with Crippen molar-refractivity contribution in [2.45, 2.75) is 39.4 Å². The Labute approximate surface area is 168 Å². The summed E-state index contributed by atoms with van der Waals surface area (Å²) in [6.45, 7) is 6.31. The van der Waals surface area contributed by atoms with Crippen molar-refractivity contribution in [2.24, 2.45) is 0 Å². The van der Waals surface area contributed by atoms with Gasteiger partial charge < -0.3 is 15.6 Å². The number of carbonyl (C=O) groups excluding carboxylic acids is 1. The Hall–Kier alpha value is -3.19. The fraction of sp³-hybridized carbons (Fsp3) is 0.318. The molecule has 0 spiro atoms. The zero-order valence-corrected chi connectivity index (χ0v) is 16.7. The number of nitrogens with one attached hydrogen (secondary N) is 3. The maximum Gasteiger partial charge on any atom is 0.256 e. The van der Waals surface area contributed by atoms with Crippen LogP contribution in [0, 0.1) is 0 Å². The van der Waals surface area contributed by atoms with E-state index in [2.05, 4.69) is 32.8 Å². The summed E-state index contributed by atoms with van der Waals surface area (Å²) in [5, 5.41) is 11.4. The first-order valence-electron chi connectivity index (χ1n) is 9.89. The van der Waals surface area contributed by atoms with Crippen LogP contribution in [0.1, 0.15) is 42.1 Å². The van der Waals surface area contributed by atoms with Crippen molar-refractivity contribution >= 4 is 23.0 Å². The second kappa shape index (κ2) is 8.05. The fourth-order valence-corrected chi connectivity index (χ4v) is 3.72. The van der Waals surface area contributed by atoms with Gasteiger partial charge in [0.05, 0.1) is 6.20 Å². The van der Waals surface area contributed by atoms with Crippen molar-refractivity contribution in [3.63, 3.8) is 0 Å². The lowest BCUT2D eigenvalue weighted by atomic mass is 9.95. The number of rotatable bonds is 5. The van der Waals surface area contributed by atoms with E-state index in [9.17, 15) is 9.59 Å². The van der Waals surface area contributed by atoms with E-state index in [1.54, 1.807) is 23.0 Å². The van der Waals surface area contributed by atoms with Crippen LogP contribution < -0.4 is 16.2 Å². The highest BCUT2D eigenvalue weighted by Crippen LogP contribution is 2.18. The summed E-state index contributed by atoms with van der Waals surface area (Å²) >= 11 is 0. The van der Waals surface area contributed by atoms with Gasteiger partial charge in [-0.1, -0.05) is 18.2 Å². The first-order chi connectivity index (χ1) is 14.0. The van der Waals surface area contributed by atoms with Gasteiger partial charge in [-0.05, 0) is 55.6 Å². The molecule has 1 aromatic carbocycles. The maximum absolute atomic E-state index is 12.4. The smallest absolute Gasteiger partial charge is 0.256 e.